The summed E-state index contributed by atoms with van der Waals surface area (Å²) in [5.41, 5.74) is 2.64. The van der Waals surface area contributed by atoms with E-state index in [9.17, 15) is 0 Å². The van der Waals surface area contributed by atoms with Crippen LogP contribution in [0.1, 0.15) is 44.7 Å². The van der Waals surface area contributed by atoms with Crippen molar-refractivity contribution in [3.8, 4) is 0 Å². The molecule has 1 saturated heterocycles. The number of benzene rings is 1. The van der Waals surface area contributed by atoms with E-state index in [0.717, 1.165) is 30.6 Å². The molecule has 1 N–H and O–H groups in total. The van der Waals surface area contributed by atoms with Crippen LogP contribution in [0.2, 0.25) is 0 Å². The maximum Gasteiger partial charge on any atom is 0.0750 e. The molecule has 4 heteroatoms. The smallest absolute Gasteiger partial charge is 0.0750 e. The Morgan fingerprint density at radius 3 is 2.95 bits per heavy atom. The highest BCUT2D eigenvalue weighted by Crippen LogP contribution is 2.30. The lowest BCUT2D eigenvalue weighted by Crippen LogP contribution is -2.30. The fraction of sp³-hybridized carbons (Fsp3) is 0.647. The first kappa shape index (κ1) is 16.8. The second-order valence-corrected chi connectivity index (χ2v) is 6.81. The molecule has 0 saturated carbocycles. The molecule has 21 heavy (non-hydrogen) atoms. The van der Waals surface area contributed by atoms with Gasteiger partial charge in [-0.25, -0.2) is 0 Å². The lowest BCUT2D eigenvalue weighted by molar-refractivity contribution is 0.116. The predicted molar refractivity (Wildman–Crippen MR) is 93.1 cm³/mol. The molecule has 2 unspecified atom stereocenters. The number of ether oxygens (including phenoxy) is 1. The van der Waals surface area contributed by atoms with Crippen LogP contribution >= 0.6 is 15.9 Å². The lowest BCUT2D eigenvalue weighted by Gasteiger charge is -2.28. The molecular formula is C17H27BrN2O. The third-order valence-electron chi connectivity index (χ3n) is 4.07. The summed E-state index contributed by atoms with van der Waals surface area (Å²) in [5.74, 6) is 0. The molecule has 0 bridgehead atoms. The summed E-state index contributed by atoms with van der Waals surface area (Å²) in [6.45, 7) is 7.36. The van der Waals surface area contributed by atoms with Gasteiger partial charge in [-0.2, -0.15) is 0 Å². The van der Waals surface area contributed by atoms with Gasteiger partial charge >= 0.3 is 0 Å². The Labute approximate surface area is 137 Å². The first-order valence-electron chi connectivity index (χ1n) is 7.97. The highest BCUT2D eigenvalue weighted by Gasteiger charge is 2.20. The zero-order valence-corrected chi connectivity index (χ0v) is 14.9. The van der Waals surface area contributed by atoms with Crippen LogP contribution in [0.5, 0.6) is 0 Å². The van der Waals surface area contributed by atoms with Gasteiger partial charge in [0, 0.05) is 36.4 Å². The molecule has 2 atom stereocenters. The van der Waals surface area contributed by atoms with E-state index in [4.69, 9.17) is 4.74 Å². The Morgan fingerprint density at radius 1 is 1.48 bits per heavy atom. The Morgan fingerprint density at radius 2 is 2.29 bits per heavy atom. The van der Waals surface area contributed by atoms with Gasteiger partial charge in [0.25, 0.3) is 0 Å². The van der Waals surface area contributed by atoms with E-state index in [1.54, 1.807) is 0 Å². The number of nitrogens with one attached hydrogen (secondary N) is 1. The summed E-state index contributed by atoms with van der Waals surface area (Å²) in [4.78, 5) is 2.34. The van der Waals surface area contributed by atoms with E-state index in [0.29, 0.717) is 12.1 Å². The molecule has 118 valence electrons. The Bertz CT molecular complexity index is 446. The molecule has 2 rings (SSSR count). The lowest BCUT2D eigenvalue weighted by atomic mass is 10.0. The Kier molecular flexibility index (Phi) is 6.52. The first-order valence-corrected chi connectivity index (χ1v) is 8.76. The van der Waals surface area contributed by atoms with Crippen LogP contribution in [0, 0.1) is 0 Å². The summed E-state index contributed by atoms with van der Waals surface area (Å²) >= 11 is 3.60. The molecule has 1 fully saturated rings. The van der Waals surface area contributed by atoms with Crippen molar-refractivity contribution in [3.05, 3.63) is 28.2 Å². The van der Waals surface area contributed by atoms with Gasteiger partial charge < -0.3 is 15.0 Å². The van der Waals surface area contributed by atoms with E-state index in [-0.39, 0.29) is 0 Å². The summed E-state index contributed by atoms with van der Waals surface area (Å²) in [5, 5.41) is 3.59. The van der Waals surface area contributed by atoms with Crippen LogP contribution in [0.15, 0.2) is 22.7 Å². The number of rotatable bonds is 7. The molecule has 1 aliphatic heterocycles. The zero-order valence-electron chi connectivity index (χ0n) is 13.4. The second kappa shape index (κ2) is 8.16. The normalized spacial score (nSPS) is 19.7. The molecule has 0 aromatic heterocycles. The van der Waals surface area contributed by atoms with E-state index >= 15 is 0 Å². The summed E-state index contributed by atoms with van der Waals surface area (Å²) in [6.07, 6.45) is 3.91. The highest BCUT2D eigenvalue weighted by atomic mass is 79.9. The van der Waals surface area contributed by atoms with Crippen molar-refractivity contribution >= 4 is 21.6 Å². The summed E-state index contributed by atoms with van der Waals surface area (Å²) in [6, 6.07) is 6.91. The van der Waals surface area contributed by atoms with Gasteiger partial charge in [-0.1, -0.05) is 22.9 Å². The van der Waals surface area contributed by atoms with Crippen LogP contribution in [0.3, 0.4) is 0 Å². The van der Waals surface area contributed by atoms with Crippen LogP contribution in [0.4, 0.5) is 5.69 Å². The van der Waals surface area contributed by atoms with E-state index in [1.807, 2.05) is 0 Å². The second-order valence-electron chi connectivity index (χ2n) is 5.89. The number of hydrogen-bond donors (Lipinski definition) is 1. The van der Waals surface area contributed by atoms with Crippen LogP contribution < -0.4 is 10.2 Å². The SMILES string of the molecule is CCCNC(C)c1cc(Br)ccc1N(C)CC1CCCO1. The zero-order chi connectivity index (χ0) is 15.2. The topological polar surface area (TPSA) is 24.5 Å². The van der Waals surface area contributed by atoms with Crippen molar-refractivity contribution in [2.45, 2.75) is 45.3 Å². The minimum absolute atomic E-state index is 0.351. The minimum Gasteiger partial charge on any atom is -0.376 e. The minimum atomic E-state index is 0.351. The van der Waals surface area contributed by atoms with Gasteiger partial charge in [-0.05, 0) is 56.5 Å². The van der Waals surface area contributed by atoms with Crippen LogP contribution in [-0.2, 0) is 4.74 Å². The predicted octanol–water partition coefficient (Wildman–Crippen LogP) is 4.12. The van der Waals surface area contributed by atoms with Crippen molar-refractivity contribution in [2.75, 3.05) is 31.6 Å². The van der Waals surface area contributed by atoms with Gasteiger partial charge in [-0.3, -0.25) is 0 Å². The molecule has 0 radical (unpaired) electrons. The quantitative estimate of drug-likeness (QED) is 0.796. The van der Waals surface area contributed by atoms with Gasteiger partial charge in [0.1, 0.15) is 0 Å². The van der Waals surface area contributed by atoms with Gasteiger partial charge in [0.15, 0.2) is 0 Å². The van der Waals surface area contributed by atoms with E-state index in [1.165, 1.54) is 24.1 Å². The van der Waals surface area contributed by atoms with Crippen LogP contribution in [-0.4, -0.2) is 32.8 Å². The Balaban J connectivity index is 2.12. The maximum absolute atomic E-state index is 5.77. The monoisotopic (exact) mass is 354 g/mol. The van der Waals surface area contributed by atoms with Gasteiger partial charge in [0.05, 0.1) is 6.10 Å². The molecule has 0 spiro atoms. The van der Waals surface area contributed by atoms with Crippen molar-refractivity contribution in [1.82, 2.24) is 5.32 Å². The third kappa shape index (κ3) is 4.70. The average Bonchev–Trinajstić information content (AvgIpc) is 2.97. The average molecular weight is 355 g/mol. The number of nitrogens with zero attached hydrogens (tertiary/aromatic N) is 1. The molecule has 1 heterocycles. The first-order chi connectivity index (χ1) is 10.1. The van der Waals surface area contributed by atoms with Crippen molar-refractivity contribution < 1.29 is 4.74 Å². The van der Waals surface area contributed by atoms with Gasteiger partial charge in [0.2, 0.25) is 0 Å². The standard InChI is InChI=1S/C17H27BrN2O/c1-4-9-19-13(2)16-11-14(18)7-8-17(16)20(3)12-15-6-5-10-21-15/h7-8,11,13,15,19H,4-6,9-10,12H2,1-3H3. The van der Waals surface area contributed by atoms with E-state index < -0.39 is 0 Å². The number of hydrogen-bond acceptors (Lipinski definition) is 3. The molecule has 1 aromatic carbocycles. The van der Waals surface area contributed by atoms with Crippen molar-refractivity contribution in [2.24, 2.45) is 0 Å². The fourth-order valence-electron chi connectivity index (χ4n) is 2.88. The van der Waals surface area contributed by atoms with Crippen molar-refractivity contribution in [1.29, 1.82) is 0 Å². The van der Waals surface area contributed by atoms with Gasteiger partial charge in [-0.15, -0.1) is 0 Å². The fourth-order valence-corrected chi connectivity index (χ4v) is 3.26. The molecule has 0 aliphatic carbocycles. The maximum atomic E-state index is 5.77. The Hall–Kier alpha value is -0.580. The number of likely N-dealkylation sites (N-methyl/N-ethyl adjacent to an activating group) is 1. The van der Waals surface area contributed by atoms with E-state index in [2.05, 4.69) is 65.2 Å². The molecule has 1 aliphatic rings. The number of halogens is 1. The highest BCUT2D eigenvalue weighted by molar-refractivity contribution is 9.10. The van der Waals surface area contributed by atoms with Crippen LogP contribution in [0.25, 0.3) is 0 Å². The molecular weight excluding hydrogens is 328 g/mol. The summed E-state index contributed by atoms with van der Waals surface area (Å²) in [7, 11) is 2.17. The largest absolute Gasteiger partial charge is 0.376 e. The van der Waals surface area contributed by atoms with Crippen molar-refractivity contribution in [3.63, 3.8) is 0 Å². The molecule has 1 aromatic rings. The molecule has 0 amide bonds. The third-order valence-corrected chi connectivity index (χ3v) is 4.56. The molecule has 3 nitrogen and oxygen atoms in total. The number of anilines is 1. The summed E-state index contributed by atoms with van der Waals surface area (Å²) < 4.78 is 6.90.